The zero-order valence-electron chi connectivity index (χ0n) is 12.2. The summed E-state index contributed by atoms with van der Waals surface area (Å²) in [6.45, 7) is 4.53. The SMILES string of the molecule is CC1(C)Cc2cccc(OCc3cccc(NN)n3)c2O1. The highest BCUT2D eigenvalue weighted by Gasteiger charge is 2.32. The van der Waals surface area contributed by atoms with Crippen LogP contribution in [0, 0.1) is 0 Å². The lowest BCUT2D eigenvalue weighted by atomic mass is 10.0. The van der Waals surface area contributed by atoms with E-state index < -0.39 is 0 Å². The van der Waals surface area contributed by atoms with Crippen molar-refractivity contribution in [2.24, 2.45) is 5.84 Å². The van der Waals surface area contributed by atoms with Crippen LogP contribution in [-0.4, -0.2) is 10.6 Å². The molecule has 3 rings (SSSR count). The van der Waals surface area contributed by atoms with Crippen LogP contribution in [0.4, 0.5) is 5.82 Å². The molecule has 0 amide bonds. The van der Waals surface area contributed by atoms with Gasteiger partial charge in [-0.15, -0.1) is 0 Å². The molecule has 1 aromatic heterocycles. The lowest BCUT2D eigenvalue weighted by Crippen LogP contribution is -2.24. The smallest absolute Gasteiger partial charge is 0.165 e. The van der Waals surface area contributed by atoms with Crippen molar-refractivity contribution in [2.75, 3.05) is 5.43 Å². The number of fused-ring (bicyclic) bond motifs is 1. The number of nitrogens with two attached hydrogens (primary N) is 1. The number of pyridine rings is 1. The second-order valence-electron chi connectivity index (χ2n) is 5.73. The highest BCUT2D eigenvalue weighted by molar-refractivity contribution is 5.50. The van der Waals surface area contributed by atoms with Gasteiger partial charge in [0.1, 0.15) is 18.0 Å². The molecule has 0 spiro atoms. The van der Waals surface area contributed by atoms with Crippen LogP contribution in [0.15, 0.2) is 36.4 Å². The highest BCUT2D eigenvalue weighted by Crippen LogP contribution is 2.41. The van der Waals surface area contributed by atoms with E-state index in [1.165, 1.54) is 5.56 Å². The fourth-order valence-electron chi connectivity index (χ4n) is 2.49. The van der Waals surface area contributed by atoms with Crippen molar-refractivity contribution in [3.8, 4) is 11.5 Å². The lowest BCUT2D eigenvalue weighted by Gasteiger charge is -2.18. The first kappa shape index (κ1) is 13.7. The van der Waals surface area contributed by atoms with Crippen LogP contribution < -0.4 is 20.7 Å². The van der Waals surface area contributed by atoms with E-state index >= 15 is 0 Å². The Bertz CT molecular complexity index is 656. The second-order valence-corrected chi connectivity index (χ2v) is 5.73. The number of hydrazine groups is 1. The summed E-state index contributed by atoms with van der Waals surface area (Å²) < 4.78 is 11.9. The van der Waals surface area contributed by atoms with E-state index in [0.717, 1.165) is 23.6 Å². The summed E-state index contributed by atoms with van der Waals surface area (Å²) >= 11 is 0. The summed E-state index contributed by atoms with van der Waals surface area (Å²) in [4.78, 5) is 4.33. The van der Waals surface area contributed by atoms with E-state index in [-0.39, 0.29) is 5.60 Å². The topological polar surface area (TPSA) is 69.4 Å². The third kappa shape index (κ3) is 2.92. The number of aromatic nitrogens is 1. The summed E-state index contributed by atoms with van der Waals surface area (Å²) in [5.41, 5.74) is 4.34. The first-order chi connectivity index (χ1) is 10.1. The van der Waals surface area contributed by atoms with Gasteiger partial charge in [-0.1, -0.05) is 18.2 Å². The van der Waals surface area contributed by atoms with Crippen LogP contribution in [0.3, 0.4) is 0 Å². The predicted octanol–water partition coefficient (Wildman–Crippen LogP) is 2.66. The predicted molar refractivity (Wildman–Crippen MR) is 81.2 cm³/mol. The Kier molecular flexibility index (Phi) is 3.43. The van der Waals surface area contributed by atoms with Gasteiger partial charge in [0.05, 0.1) is 5.69 Å². The van der Waals surface area contributed by atoms with Crippen molar-refractivity contribution in [1.29, 1.82) is 0 Å². The molecule has 0 saturated heterocycles. The van der Waals surface area contributed by atoms with E-state index in [0.29, 0.717) is 12.4 Å². The summed E-state index contributed by atoms with van der Waals surface area (Å²) in [6, 6.07) is 11.6. The van der Waals surface area contributed by atoms with Gasteiger partial charge in [0, 0.05) is 12.0 Å². The van der Waals surface area contributed by atoms with Crippen molar-refractivity contribution < 1.29 is 9.47 Å². The van der Waals surface area contributed by atoms with E-state index in [2.05, 4.69) is 30.3 Å². The Hall–Kier alpha value is -2.27. The second kappa shape index (κ2) is 5.26. The number of hydrogen-bond donors (Lipinski definition) is 2. The number of para-hydroxylation sites is 1. The molecule has 1 aliphatic heterocycles. The van der Waals surface area contributed by atoms with Crippen LogP contribution in [-0.2, 0) is 13.0 Å². The van der Waals surface area contributed by atoms with Crippen LogP contribution in [0.25, 0.3) is 0 Å². The molecule has 0 unspecified atom stereocenters. The molecule has 5 heteroatoms. The van der Waals surface area contributed by atoms with E-state index in [1.54, 1.807) is 6.07 Å². The van der Waals surface area contributed by atoms with Gasteiger partial charge in [0.2, 0.25) is 0 Å². The van der Waals surface area contributed by atoms with Gasteiger partial charge in [-0.05, 0) is 32.0 Å². The van der Waals surface area contributed by atoms with Gasteiger partial charge >= 0.3 is 0 Å². The van der Waals surface area contributed by atoms with Gasteiger partial charge in [0.15, 0.2) is 11.5 Å². The van der Waals surface area contributed by atoms with Crippen molar-refractivity contribution in [3.05, 3.63) is 47.7 Å². The van der Waals surface area contributed by atoms with Crippen molar-refractivity contribution in [1.82, 2.24) is 4.98 Å². The first-order valence-corrected chi connectivity index (χ1v) is 6.94. The monoisotopic (exact) mass is 285 g/mol. The minimum Gasteiger partial charge on any atom is -0.483 e. The molecule has 0 atom stereocenters. The summed E-state index contributed by atoms with van der Waals surface area (Å²) in [6.07, 6.45) is 0.893. The maximum atomic E-state index is 5.98. The number of hydrogen-bond acceptors (Lipinski definition) is 5. The normalized spacial score (nSPS) is 15.2. The Balaban J connectivity index is 1.76. The molecule has 0 bridgehead atoms. The molecule has 1 aromatic carbocycles. The molecule has 0 saturated carbocycles. The minimum atomic E-state index is -0.177. The Morgan fingerprint density at radius 1 is 1.29 bits per heavy atom. The molecule has 2 aromatic rings. The molecule has 2 heterocycles. The molecule has 0 radical (unpaired) electrons. The molecule has 0 aliphatic carbocycles. The number of nitrogen functional groups attached to an aromatic ring is 1. The molecular formula is C16H19N3O2. The number of benzene rings is 1. The molecule has 1 aliphatic rings. The van der Waals surface area contributed by atoms with Gasteiger partial charge in [-0.2, -0.15) is 0 Å². The quantitative estimate of drug-likeness (QED) is 0.667. The van der Waals surface area contributed by atoms with Crippen molar-refractivity contribution in [3.63, 3.8) is 0 Å². The average Bonchev–Trinajstić information content (AvgIpc) is 2.79. The van der Waals surface area contributed by atoms with E-state index in [4.69, 9.17) is 15.3 Å². The van der Waals surface area contributed by atoms with Crippen molar-refractivity contribution in [2.45, 2.75) is 32.5 Å². The van der Waals surface area contributed by atoms with Crippen LogP contribution in [0.5, 0.6) is 11.5 Å². The first-order valence-electron chi connectivity index (χ1n) is 6.94. The van der Waals surface area contributed by atoms with Gasteiger partial charge in [0.25, 0.3) is 0 Å². The zero-order valence-corrected chi connectivity index (χ0v) is 12.2. The van der Waals surface area contributed by atoms with Crippen LogP contribution in [0.2, 0.25) is 0 Å². The van der Waals surface area contributed by atoms with Gasteiger partial charge in [-0.3, -0.25) is 0 Å². The van der Waals surface area contributed by atoms with Crippen LogP contribution in [0.1, 0.15) is 25.1 Å². The fraction of sp³-hybridized carbons (Fsp3) is 0.312. The number of nitrogens with zero attached hydrogens (tertiary/aromatic N) is 1. The maximum absolute atomic E-state index is 5.98. The van der Waals surface area contributed by atoms with E-state index in [1.807, 2.05) is 24.3 Å². The molecular weight excluding hydrogens is 266 g/mol. The summed E-state index contributed by atoms with van der Waals surface area (Å²) in [5, 5.41) is 0. The van der Waals surface area contributed by atoms with Gasteiger partial charge in [-0.25, -0.2) is 10.8 Å². The molecule has 110 valence electrons. The zero-order chi connectivity index (χ0) is 14.9. The average molecular weight is 285 g/mol. The molecule has 5 nitrogen and oxygen atoms in total. The van der Waals surface area contributed by atoms with Crippen molar-refractivity contribution >= 4 is 5.82 Å². The summed E-state index contributed by atoms with van der Waals surface area (Å²) in [7, 11) is 0. The lowest BCUT2D eigenvalue weighted by molar-refractivity contribution is 0.131. The Morgan fingerprint density at radius 3 is 2.90 bits per heavy atom. The third-order valence-electron chi connectivity index (χ3n) is 3.39. The highest BCUT2D eigenvalue weighted by atomic mass is 16.5. The minimum absolute atomic E-state index is 0.177. The maximum Gasteiger partial charge on any atom is 0.165 e. The number of anilines is 1. The Morgan fingerprint density at radius 2 is 2.10 bits per heavy atom. The standard InChI is InChI=1S/C16H19N3O2/c1-16(2)9-11-5-3-7-13(15(11)21-16)20-10-12-6-4-8-14(18-12)19-17/h3-8H,9-10,17H2,1-2H3,(H,18,19). The molecule has 21 heavy (non-hydrogen) atoms. The largest absolute Gasteiger partial charge is 0.483 e. The summed E-state index contributed by atoms with van der Waals surface area (Å²) in [5.74, 6) is 7.57. The number of rotatable bonds is 4. The number of ether oxygens (including phenoxy) is 2. The number of nitrogens with one attached hydrogen (secondary N) is 1. The fourth-order valence-corrected chi connectivity index (χ4v) is 2.49. The van der Waals surface area contributed by atoms with Crippen LogP contribution >= 0.6 is 0 Å². The molecule has 3 N–H and O–H groups in total. The third-order valence-corrected chi connectivity index (χ3v) is 3.39. The Labute approximate surface area is 124 Å². The van der Waals surface area contributed by atoms with E-state index in [9.17, 15) is 0 Å². The van der Waals surface area contributed by atoms with Gasteiger partial charge < -0.3 is 14.9 Å². The molecule has 0 fully saturated rings.